The lowest BCUT2D eigenvalue weighted by atomic mass is 10.3. The van der Waals surface area contributed by atoms with Crippen LogP contribution >= 0.6 is 0 Å². The Hall–Kier alpha value is -2.37. The lowest BCUT2D eigenvalue weighted by Gasteiger charge is -1.97. The maximum absolute atomic E-state index is 5.88. The van der Waals surface area contributed by atoms with E-state index in [1.165, 1.54) is 0 Å². The quantitative estimate of drug-likeness (QED) is 0.675. The van der Waals surface area contributed by atoms with Crippen LogP contribution in [0.3, 0.4) is 0 Å². The number of pyridine rings is 1. The van der Waals surface area contributed by atoms with E-state index in [1.54, 1.807) is 21.6 Å². The Balaban J connectivity index is 2.31. The number of nitrogens with two attached hydrogens (primary N) is 1. The number of hydrogen-bond acceptors (Lipinski definition) is 4. The highest BCUT2D eigenvalue weighted by Crippen LogP contribution is 2.22. The third-order valence-corrected chi connectivity index (χ3v) is 2.73. The lowest BCUT2D eigenvalue weighted by molar-refractivity contribution is 0.727. The van der Waals surface area contributed by atoms with Crippen molar-refractivity contribution in [1.82, 2.24) is 24.5 Å². The summed E-state index contributed by atoms with van der Waals surface area (Å²) in [7, 11) is 1.87. The van der Waals surface area contributed by atoms with Gasteiger partial charge >= 0.3 is 0 Å². The Labute approximate surface area is 97.7 Å². The predicted octanol–water partition coefficient (Wildman–Crippen LogP) is 1.04. The van der Waals surface area contributed by atoms with Gasteiger partial charge in [-0.15, -0.1) is 0 Å². The molecule has 6 nitrogen and oxygen atoms in total. The van der Waals surface area contributed by atoms with Gasteiger partial charge in [0, 0.05) is 25.5 Å². The molecule has 0 unspecified atom stereocenters. The summed E-state index contributed by atoms with van der Waals surface area (Å²) in [5.41, 5.74) is 8.98. The molecule has 0 aliphatic carbocycles. The van der Waals surface area contributed by atoms with Gasteiger partial charge in [0.2, 0.25) is 0 Å². The molecule has 2 N–H and O–H groups in total. The molecular weight excluding hydrogens is 216 g/mol. The zero-order valence-electron chi connectivity index (χ0n) is 9.62. The van der Waals surface area contributed by atoms with E-state index in [0.717, 1.165) is 22.5 Å². The van der Waals surface area contributed by atoms with Gasteiger partial charge in [0.1, 0.15) is 11.0 Å². The van der Waals surface area contributed by atoms with E-state index >= 15 is 0 Å². The topological polar surface area (TPSA) is 74.5 Å². The van der Waals surface area contributed by atoms with E-state index in [2.05, 4.69) is 15.2 Å². The van der Waals surface area contributed by atoms with Crippen molar-refractivity contribution in [3.8, 4) is 5.82 Å². The van der Waals surface area contributed by atoms with E-state index in [-0.39, 0.29) is 0 Å². The largest absolute Gasteiger partial charge is 0.397 e. The molecule has 3 aromatic rings. The third-order valence-electron chi connectivity index (χ3n) is 2.73. The fourth-order valence-electron chi connectivity index (χ4n) is 1.85. The summed E-state index contributed by atoms with van der Waals surface area (Å²) in [6.07, 6.45) is 3.56. The molecule has 0 saturated heterocycles. The van der Waals surface area contributed by atoms with Gasteiger partial charge in [-0.3, -0.25) is 9.67 Å². The summed E-state index contributed by atoms with van der Waals surface area (Å²) in [6.45, 7) is 1.95. The molecule has 3 aromatic heterocycles. The highest BCUT2D eigenvalue weighted by Gasteiger charge is 2.13. The third kappa shape index (κ3) is 1.37. The molecule has 0 aliphatic rings. The van der Waals surface area contributed by atoms with Crippen LogP contribution in [-0.2, 0) is 7.05 Å². The summed E-state index contributed by atoms with van der Waals surface area (Å²) >= 11 is 0. The minimum atomic E-state index is 0.632. The van der Waals surface area contributed by atoms with Crippen LogP contribution in [0, 0.1) is 6.92 Å². The normalized spacial score (nSPS) is 11.2. The number of nitrogen functional groups attached to an aromatic ring is 1. The minimum absolute atomic E-state index is 0.632. The van der Waals surface area contributed by atoms with Crippen LogP contribution in [0.2, 0.25) is 0 Å². The molecule has 6 heteroatoms. The first-order chi connectivity index (χ1) is 8.16. The molecule has 3 heterocycles. The second kappa shape index (κ2) is 3.31. The summed E-state index contributed by atoms with van der Waals surface area (Å²) in [5.74, 6) is 0.766. The van der Waals surface area contributed by atoms with Crippen LogP contribution in [0.1, 0.15) is 5.69 Å². The van der Waals surface area contributed by atoms with Crippen molar-refractivity contribution in [2.45, 2.75) is 6.92 Å². The van der Waals surface area contributed by atoms with Gasteiger partial charge in [0.25, 0.3) is 0 Å². The summed E-state index contributed by atoms with van der Waals surface area (Å²) < 4.78 is 3.49. The van der Waals surface area contributed by atoms with Crippen LogP contribution in [0.25, 0.3) is 16.9 Å². The Morgan fingerprint density at radius 1 is 1.18 bits per heavy atom. The average Bonchev–Trinajstić information content (AvgIpc) is 2.85. The Bertz CT molecular complexity index is 693. The first-order valence-corrected chi connectivity index (χ1v) is 5.26. The van der Waals surface area contributed by atoms with Crippen molar-refractivity contribution < 1.29 is 0 Å². The van der Waals surface area contributed by atoms with E-state index in [1.807, 2.05) is 26.2 Å². The second-order valence-corrected chi connectivity index (χ2v) is 3.94. The van der Waals surface area contributed by atoms with Crippen LogP contribution in [0.15, 0.2) is 24.5 Å². The van der Waals surface area contributed by atoms with E-state index in [0.29, 0.717) is 5.69 Å². The van der Waals surface area contributed by atoms with Crippen molar-refractivity contribution in [3.05, 3.63) is 30.2 Å². The molecule has 86 valence electrons. The van der Waals surface area contributed by atoms with Gasteiger partial charge in [-0.05, 0) is 13.0 Å². The number of rotatable bonds is 1. The number of aromatic nitrogens is 5. The van der Waals surface area contributed by atoms with Crippen LogP contribution in [0.4, 0.5) is 5.69 Å². The number of aryl methyl sites for hydroxylation is 2. The first-order valence-electron chi connectivity index (χ1n) is 5.26. The molecule has 3 rings (SSSR count). The first kappa shape index (κ1) is 9.83. The Kier molecular flexibility index (Phi) is 1.91. The van der Waals surface area contributed by atoms with Gasteiger partial charge in [-0.1, -0.05) is 0 Å². The zero-order valence-corrected chi connectivity index (χ0v) is 9.62. The van der Waals surface area contributed by atoms with Crippen LogP contribution in [-0.4, -0.2) is 24.5 Å². The standard InChI is InChI=1S/C11H12N6/c1-7-10-11(8(12)3-5-13-10)15-17(7)9-4-6-16(2)14-9/h3-6H,12H2,1-2H3. The number of nitrogens with zero attached hydrogens (tertiary/aromatic N) is 5. The Morgan fingerprint density at radius 3 is 2.65 bits per heavy atom. The number of hydrogen-bond donors (Lipinski definition) is 1. The predicted molar refractivity (Wildman–Crippen MR) is 64.8 cm³/mol. The smallest absolute Gasteiger partial charge is 0.175 e. The van der Waals surface area contributed by atoms with Gasteiger partial charge in [-0.25, -0.2) is 4.68 Å². The van der Waals surface area contributed by atoms with Gasteiger partial charge in [0.15, 0.2) is 5.82 Å². The molecule has 0 aromatic carbocycles. The van der Waals surface area contributed by atoms with Crippen LogP contribution < -0.4 is 5.73 Å². The van der Waals surface area contributed by atoms with Crippen molar-refractivity contribution in [2.24, 2.45) is 7.05 Å². The van der Waals surface area contributed by atoms with Gasteiger partial charge < -0.3 is 5.73 Å². The Morgan fingerprint density at radius 2 is 2.00 bits per heavy atom. The molecular formula is C11H12N6. The summed E-state index contributed by atoms with van der Waals surface area (Å²) in [4.78, 5) is 4.30. The maximum Gasteiger partial charge on any atom is 0.175 e. The second-order valence-electron chi connectivity index (χ2n) is 3.94. The SMILES string of the molecule is Cc1c2nccc(N)c2nn1-c1ccn(C)n1. The van der Waals surface area contributed by atoms with E-state index in [9.17, 15) is 0 Å². The molecule has 0 atom stereocenters. The number of anilines is 1. The minimum Gasteiger partial charge on any atom is -0.397 e. The fraction of sp³-hybridized carbons (Fsp3) is 0.182. The highest BCUT2D eigenvalue weighted by molar-refractivity contribution is 5.88. The molecule has 0 bridgehead atoms. The van der Waals surface area contributed by atoms with Crippen molar-refractivity contribution in [2.75, 3.05) is 5.73 Å². The lowest BCUT2D eigenvalue weighted by Crippen LogP contribution is -2.01. The molecule has 17 heavy (non-hydrogen) atoms. The average molecular weight is 228 g/mol. The van der Waals surface area contributed by atoms with Crippen molar-refractivity contribution in [1.29, 1.82) is 0 Å². The molecule has 0 saturated carbocycles. The maximum atomic E-state index is 5.88. The molecule has 0 fully saturated rings. The summed E-state index contributed by atoms with van der Waals surface area (Å²) in [6, 6.07) is 3.65. The highest BCUT2D eigenvalue weighted by atomic mass is 15.4. The van der Waals surface area contributed by atoms with Crippen molar-refractivity contribution in [3.63, 3.8) is 0 Å². The van der Waals surface area contributed by atoms with E-state index in [4.69, 9.17) is 5.73 Å². The van der Waals surface area contributed by atoms with Gasteiger partial charge in [0.05, 0.1) is 11.4 Å². The molecule has 0 spiro atoms. The zero-order chi connectivity index (χ0) is 12.0. The fourth-order valence-corrected chi connectivity index (χ4v) is 1.85. The van der Waals surface area contributed by atoms with Crippen molar-refractivity contribution >= 4 is 16.7 Å². The van der Waals surface area contributed by atoms with Gasteiger partial charge in [-0.2, -0.15) is 10.2 Å². The van der Waals surface area contributed by atoms with E-state index < -0.39 is 0 Å². The molecule has 0 aliphatic heterocycles. The monoisotopic (exact) mass is 228 g/mol. The summed E-state index contributed by atoms with van der Waals surface area (Å²) in [5, 5.41) is 8.76. The molecule has 0 radical (unpaired) electrons. The van der Waals surface area contributed by atoms with Crippen LogP contribution in [0.5, 0.6) is 0 Å². The number of fused-ring (bicyclic) bond motifs is 1. The molecule has 0 amide bonds.